The Balaban J connectivity index is 4.45. The average Bonchev–Trinajstić information content (AvgIpc) is 1.92. The third kappa shape index (κ3) is 6.03. The average molecular weight is 318 g/mol. The Bertz CT molecular complexity index is 261. The molecule has 14 heavy (non-hydrogen) atoms. The highest BCUT2D eigenvalue weighted by atomic mass is 35.8. The molecule has 0 saturated heterocycles. The predicted octanol–water partition coefficient (Wildman–Crippen LogP) is 3.70. The fraction of sp³-hybridized carbons (Fsp3) is 1.00. The molecule has 0 saturated carbocycles. The van der Waals surface area contributed by atoms with Gasteiger partial charge in [0.1, 0.15) is 4.87 Å². The quantitative estimate of drug-likeness (QED) is 0.324. The van der Waals surface area contributed by atoms with Gasteiger partial charge in [-0.05, 0) is 6.42 Å². The van der Waals surface area contributed by atoms with Crippen molar-refractivity contribution >= 4 is 59.0 Å². The fourth-order valence-electron chi connectivity index (χ4n) is 1.04. The molecule has 1 unspecified atom stereocenters. The molecule has 0 fully saturated rings. The fourth-order valence-corrected chi connectivity index (χ4v) is 10.2. The highest BCUT2D eigenvalue weighted by Gasteiger charge is 2.44. The first-order chi connectivity index (χ1) is 6.19. The van der Waals surface area contributed by atoms with Crippen LogP contribution in [0.5, 0.6) is 0 Å². The molecule has 0 radical (unpaired) electrons. The molecule has 0 rings (SSSR count). The first kappa shape index (κ1) is 15.3. The van der Waals surface area contributed by atoms with Crippen molar-refractivity contribution in [2.75, 3.05) is 0 Å². The molecule has 0 heterocycles. The van der Waals surface area contributed by atoms with Gasteiger partial charge < -0.3 is 0 Å². The van der Waals surface area contributed by atoms with Crippen LogP contribution in [0.3, 0.4) is 0 Å². The van der Waals surface area contributed by atoms with Crippen molar-refractivity contribution in [3.8, 4) is 0 Å². The van der Waals surface area contributed by atoms with E-state index in [2.05, 4.69) is 0 Å². The van der Waals surface area contributed by atoms with E-state index < -0.39 is 19.9 Å². The molecule has 0 aliphatic rings. The van der Waals surface area contributed by atoms with Crippen LogP contribution in [0.25, 0.3) is 0 Å². The smallest absolute Gasteiger partial charge is 0.212 e. The van der Waals surface area contributed by atoms with Gasteiger partial charge in [-0.1, -0.05) is 26.2 Å². The largest absolute Gasteiger partial charge is 0.359 e. The molecule has 8 heteroatoms. The summed E-state index contributed by atoms with van der Waals surface area (Å²) in [5, 5.41) is 0. The van der Waals surface area contributed by atoms with Crippen LogP contribution >= 0.6 is 43.9 Å². The molecule has 0 bridgehead atoms. The van der Waals surface area contributed by atoms with Crippen molar-refractivity contribution in [3.63, 3.8) is 0 Å². The van der Waals surface area contributed by atoms with Gasteiger partial charge in [0.05, 0.1) is 0 Å². The molecule has 1 atom stereocenters. The second-order valence-corrected chi connectivity index (χ2v) is 15.1. The van der Waals surface area contributed by atoms with Crippen molar-refractivity contribution in [1.82, 2.24) is 0 Å². The summed E-state index contributed by atoms with van der Waals surface area (Å²) in [5.74, 6) is 0. The van der Waals surface area contributed by atoms with E-state index in [-0.39, 0.29) is 0 Å². The lowest BCUT2D eigenvalue weighted by molar-refractivity contribution is 0.595. The van der Waals surface area contributed by atoms with Crippen molar-refractivity contribution in [2.45, 2.75) is 37.5 Å². The molecule has 0 aliphatic carbocycles. The van der Waals surface area contributed by atoms with Gasteiger partial charge in [-0.25, -0.2) is 8.42 Å². The van der Waals surface area contributed by atoms with Gasteiger partial charge in [0.15, 0.2) is 0 Å². The van der Waals surface area contributed by atoms with Crippen molar-refractivity contribution in [2.24, 2.45) is 0 Å². The number of hydrogen-bond donors (Lipinski definition) is 0. The summed E-state index contributed by atoms with van der Waals surface area (Å²) in [6.45, 7) is 2.01. The van der Waals surface area contributed by atoms with Crippen molar-refractivity contribution in [1.29, 1.82) is 0 Å². The van der Waals surface area contributed by atoms with Gasteiger partial charge >= 0.3 is 6.00 Å². The van der Waals surface area contributed by atoms with E-state index in [4.69, 9.17) is 43.9 Å². The first-order valence-electron chi connectivity index (χ1n) is 4.19. The maximum absolute atomic E-state index is 11.1. The van der Waals surface area contributed by atoms with E-state index in [0.717, 1.165) is 12.8 Å². The van der Waals surface area contributed by atoms with Crippen LogP contribution in [0.4, 0.5) is 0 Å². The summed E-state index contributed by atoms with van der Waals surface area (Å²) >= 11 is 17.0. The lowest BCUT2D eigenvalue weighted by atomic mass is 10.2. The van der Waals surface area contributed by atoms with Gasteiger partial charge in [0.25, 0.3) is 0 Å². The number of unbranched alkanes of at least 4 members (excludes halogenated alkanes) is 2. The first-order valence-corrected chi connectivity index (χ1v) is 11.7. The zero-order valence-corrected chi connectivity index (χ0v) is 12.5. The number of hydrogen-bond acceptors (Lipinski definition) is 2. The van der Waals surface area contributed by atoms with Crippen LogP contribution in [0.15, 0.2) is 0 Å². The van der Waals surface area contributed by atoms with E-state index >= 15 is 0 Å². The molecular weight excluding hydrogens is 306 g/mol. The SMILES string of the molecule is CCCCCC([Si](Cl)(Cl)Cl)S(=O)(=O)Cl. The van der Waals surface area contributed by atoms with Crippen LogP contribution in [0.1, 0.15) is 32.6 Å². The Labute approximate surface area is 104 Å². The summed E-state index contributed by atoms with van der Waals surface area (Å²) in [6, 6.07) is -3.28. The zero-order chi connectivity index (χ0) is 11.4. The summed E-state index contributed by atoms with van der Waals surface area (Å²) in [6.07, 6.45) is 2.95. The molecule has 0 N–H and O–H groups in total. The van der Waals surface area contributed by atoms with Crippen LogP contribution < -0.4 is 0 Å². The molecule has 0 aromatic heterocycles. The molecule has 2 nitrogen and oxygen atoms in total. The molecule has 0 amide bonds. The standard InChI is InChI=1S/C6H12Cl4O2SSi/c1-2-3-4-5-6(13(7,11)12)14(8,9)10/h6H,2-5H2,1H3. The van der Waals surface area contributed by atoms with Crippen LogP contribution in [0.2, 0.25) is 0 Å². The third-order valence-electron chi connectivity index (χ3n) is 1.77. The molecule has 0 spiro atoms. The topological polar surface area (TPSA) is 34.1 Å². The lowest BCUT2D eigenvalue weighted by Gasteiger charge is -2.18. The molecule has 0 aromatic carbocycles. The summed E-state index contributed by atoms with van der Waals surface area (Å²) < 4.78 is 22.2. The molecule has 0 aliphatic heterocycles. The highest BCUT2D eigenvalue weighted by molar-refractivity contribution is 8.17. The maximum atomic E-state index is 11.1. The molecular formula is C6H12Cl4O2SSi. The van der Waals surface area contributed by atoms with Crippen LogP contribution in [-0.4, -0.2) is 19.3 Å². The van der Waals surface area contributed by atoms with Crippen molar-refractivity contribution < 1.29 is 8.42 Å². The van der Waals surface area contributed by atoms with Crippen molar-refractivity contribution in [3.05, 3.63) is 0 Å². The Hall–Kier alpha value is 1.33. The van der Waals surface area contributed by atoms with E-state index in [0.29, 0.717) is 12.8 Å². The van der Waals surface area contributed by atoms with Gasteiger partial charge in [0, 0.05) is 10.7 Å². The summed E-state index contributed by atoms with van der Waals surface area (Å²) in [7, 11) is 1.45. The minimum Gasteiger partial charge on any atom is -0.212 e. The Morgan fingerprint density at radius 1 is 1.21 bits per heavy atom. The van der Waals surface area contributed by atoms with Gasteiger partial charge in [-0.2, -0.15) is 0 Å². The normalized spacial score (nSPS) is 15.5. The molecule has 86 valence electrons. The Morgan fingerprint density at radius 2 is 1.71 bits per heavy atom. The maximum Gasteiger partial charge on any atom is 0.359 e. The van der Waals surface area contributed by atoms with E-state index in [9.17, 15) is 8.42 Å². The number of rotatable bonds is 6. The number of halogens is 4. The second-order valence-electron chi connectivity index (χ2n) is 3.00. The summed E-state index contributed by atoms with van der Waals surface area (Å²) in [4.78, 5) is -0.992. The second kappa shape index (κ2) is 6.16. The minimum atomic E-state index is -3.76. The van der Waals surface area contributed by atoms with E-state index in [1.807, 2.05) is 6.92 Å². The summed E-state index contributed by atoms with van der Waals surface area (Å²) in [5.41, 5.74) is 0. The Kier molecular flexibility index (Phi) is 6.74. The zero-order valence-electron chi connectivity index (χ0n) is 7.64. The van der Waals surface area contributed by atoms with E-state index in [1.54, 1.807) is 0 Å². The third-order valence-corrected chi connectivity index (χ3v) is 10.3. The lowest BCUT2D eigenvalue weighted by Crippen LogP contribution is -2.36. The van der Waals surface area contributed by atoms with Gasteiger partial charge in [-0.3, -0.25) is 0 Å². The monoisotopic (exact) mass is 316 g/mol. The highest BCUT2D eigenvalue weighted by Crippen LogP contribution is 2.33. The van der Waals surface area contributed by atoms with Gasteiger partial charge in [-0.15, -0.1) is 33.2 Å². The van der Waals surface area contributed by atoms with Gasteiger partial charge in [0.2, 0.25) is 9.05 Å². The minimum absolute atomic E-state index is 0.336. The van der Waals surface area contributed by atoms with Crippen LogP contribution in [-0.2, 0) is 9.05 Å². The van der Waals surface area contributed by atoms with Crippen LogP contribution in [0, 0.1) is 0 Å². The van der Waals surface area contributed by atoms with E-state index in [1.165, 1.54) is 0 Å². The Morgan fingerprint density at radius 3 is 2.00 bits per heavy atom. The molecule has 0 aromatic rings. The predicted molar refractivity (Wildman–Crippen MR) is 66.0 cm³/mol.